The predicted molar refractivity (Wildman–Crippen MR) is 96.0 cm³/mol. The molecule has 2 fully saturated rings. The van der Waals surface area contributed by atoms with Crippen molar-refractivity contribution in [3.05, 3.63) is 22.4 Å². The summed E-state index contributed by atoms with van der Waals surface area (Å²) in [5.74, 6) is 0. The van der Waals surface area contributed by atoms with Gasteiger partial charge in [0.1, 0.15) is 0 Å². The van der Waals surface area contributed by atoms with E-state index in [2.05, 4.69) is 48.5 Å². The lowest BCUT2D eigenvalue weighted by Gasteiger charge is -2.32. The second kappa shape index (κ2) is 7.22. The van der Waals surface area contributed by atoms with Crippen molar-refractivity contribution in [2.24, 2.45) is 0 Å². The average molecular weight is 336 g/mol. The van der Waals surface area contributed by atoms with Gasteiger partial charge in [0, 0.05) is 48.6 Å². The Kier molecular flexibility index (Phi) is 5.27. The average Bonchev–Trinajstić information content (AvgIpc) is 3.05. The molecule has 5 heteroatoms. The fourth-order valence-electron chi connectivity index (χ4n) is 4.22. The summed E-state index contributed by atoms with van der Waals surface area (Å²) in [4.78, 5) is 18.7. The zero-order chi connectivity index (χ0) is 16.4. The first-order valence-corrected chi connectivity index (χ1v) is 9.78. The summed E-state index contributed by atoms with van der Waals surface area (Å²) >= 11 is 1.76. The van der Waals surface area contributed by atoms with Crippen LogP contribution in [0.3, 0.4) is 0 Å². The number of rotatable bonds is 4. The zero-order valence-corrected chi connectivity index (χ0v) is 15.3. The lowest BCUT2D eigenvalue weighted by molar-refractivity contribution is 0.146. The quantitative estimate of drug-likeness (QED) is 0.916. The predicted octanol–water partition coefficient (Wildman–Crippen LogP) is 3.34. The number of nitrogens with zero attached hydrogens (tertiary/aromatic N) is 2. The Bertz CT molecular complexity index is 516. The van der Waals surface area contributed by atoms with Crippen LogP contribution in [0.5, 0.6) is 0 Å². The lowest BCUT2D eigenvalue weighted by Crippen LogP contribution is -2.48. The van der Waals surface area contributed by atoms with Crippen LogP contribution in [0.25, 0.3) is 0 Å². The highest BCUT2D eigenvalue weighted by Crippen LogP contribution is 2.32. The summed E-state index contributed by atoms with van der Waals surface area (Å²) in [5.41, 5.74) is 0. The number of likely N-dealkylation sites (tertiary alicyclic amines) is 1. The zero-order valence-electron chi connectivity index (χ0n) is 14.5. The van der Waals surface area contributed by atoms with Crippen LogP contribution in [0.1, 0.15) is 44.9 Å². The summed E-state index contributed by atoms with van der Waals surface area (Å²) in [6, 6.07) is 6.29. The number of nitrogens with one attached hydrogen (secondary N) is 1. The Morgan fingerprint density at radius 2 is 2.09 bits per heavy atom. The van der Waals surface area contributed by atoms with Gasteiger partial charge in [-0.15, -0.1) is 11.3 Å². The Morgan fingerprint density at radius 3 is 2.78 bits per heavy atom. The first kappa shape index (κ1) is 16.8. The smallest absolute Gasteiger partial charge is 0.317 e. The number of amides is 2. The maximum atomic E-state index is 12.6. The number of thiophene rings is 1. The molecule has 2 aliphatic heterocycles. The summed E-state index contributed by atoms with van der Waals surface area (Å²) < 4.78 is 0. The molecule has 0 aromatic carbocycles. The highest BCUT2D eigenvalue weighted by molar-refractivity contribution is 7.09. The van der Waals surface area contributed by atoms with E-state index in [0.29, 0.717) is 18.1 Å². The summed E-state index contributed by atoms with van der Waals surface area (Å²) in [5, 5.41) is 5.29. The number of urea groups is 1. The van der Waals surface area contributed by atoms with Crippen LogP contribution < -0.4 is 5.32 Å². The molecule has 1 aromatic rings. The molecule has 4 nitrogen and oxygen atoms in total. The minimum absolute atomic E-state index is 0.116. The fourth-order valence-corrected chi connectivity index (χ4v) is 5.06. The van der Waals surface area contributed by atoms with E-state index < -0.39 is 0 Å². The number of hydrogen-bond donors (Lipinski definition) is 1. The van der Waals surface area contributed by atoms with Gasteiger partial charge >= 0.3 is 6.03 Å². The number of hydrogen-bond acceptors (Lipinski definition) is 3. The van der Waals surface area contributed by atoms with Gasteiger partial charge in [-0.3, -0.25) is 4.90 Å². The van der Waals surface area contributed by atoms with Crippen LogP contribution in [0.15, 0.2) is 17.5 Å². The largest absolute Gasteiger partial charge is 0.335 e. The molecule has 23 heavy (non-hydrogen) atoms. The lowest BCUT2D eigenvalue weighted by atomic mass is 10.1. The Balaban J connectivity index is 1.56. The minimum atomic E-state index is 0.116. The molecular weight excluding hydrogens is 306 g/mol. The van der Waals surface area contributed by atoms with E-state index >= 15 is 0 Å². The van der Waals surface area contributed by atoms with Gasteiger partial charge in [-0.1, -0.05) is 6.07 Å². The van der Waals surface area contributed by atoms with Gasteiger partial charge in [0.15, 0.2) is 0 Å². The SMILES string of the molecule is CC(C)N1[C@@H]2CC[C@H]1CN(C(=O)N[C@@H](C)Cc1cccs1)CC2. The molecule has 1 N–H and O–H groups in total. The first-order valence-electron chi connectivity index (χ1n) is 8.90. The number of carbonyl (C=O) groups is 1. The molecule has 2 amide bonds. The topological polar surface area (TPSA) is 35.6 Å². The van der Waals surface area contributed by atoms with E-state index in [1.165, 1.54) is 17.7 Å². The van der Waals surface area contributed by atoms with Gasteiger partial charge < -0.3 is 10.2 Å². The highest BCUT2D eigenvalue weighted by Gasteiger charge is 2.39. The van der Waals surface area contributed by atoms with Crippen LogP contribution in [0.2, 0.25) is 0 Å². The van der Waals surface area contributed by atoms with Gasteiger partial charge in [0.05, 0.1) is 0 Å². The van der Waals surface area contributed by atoms with Crippen molar-refractivity contribution < 1.29 is 4.79 Å². The van der Waals surface area contributed by atoms with Crippen molar-refractivity contribution >= 4 is 17.4 Å². The summed E-state index contributed by atoms with van der Waals surface area (Å²) in [6.07, 6.45) is 4.56. The molecule has 0 saturated carbocycles. The van der Waals surface area contributed by atoms with Crippen LogP contribution in [0.4, 0.5) is 4.79 Å². The van der Waals surface area contributed by atoms with E-state index in [1.807, 2.05) is 4.90 Å². The third-order valence-corrected chi connectivity index (χ3v) is 6.08. The second-order valence-corrected chi connectivity index (χ2v) is 8.33. The van der Waals surface area contributed by atoms with Crippen molar-refractivity contribution in [1.82, 2.24) is 15.1 Å². The fraction of sp³-hybridized carbons (Fsp3) is 0.722. The van der Waals surface area contributed by atoms with Crippen LogP contribution >= 0.6 is 11.3 Å². The van der Waals surface area contributed by atoms with E-state index in [-0.39, 0.29) is 12.1 Å². The third-order valence-electron chi connectivity index (χ3n) is 5.18. The maximum Gasteiger partial charge on any atom is 0.317 e. The van der Waals surface area contributed by atoms with E-state index in [0.717, 1.165) is 25.9 Å². The van der Waals surface area contributed by atoms with E-state index in [1.54, 1.807) is 11.3 Å². The standard InChI is InChI=1S/C18H29N3OS/c1-13(2)21-15-6-7-16(21)12-20(9-8-15)18(22)19-14(3)11-17-5-4-10-23-17/h4-5,10,13-16H,6-9,11-12H2,1-3H3,(H,19,22)/t14-,15+,16-/m0/s1. The second-order valence-electron chi connectivity index (χ2n) is 7.29. The molecular formula is C18H29N3OS. The number of carbonyl (C=O) groups excluding carboxylic acids is 1. The molecule has 0 radical (unpaired) electrons. The van der Waals surface area contributed by atoms with Crippen molar-refractivity contribution in [3.8, 4) is 0 Å². The van der Waals surface area contributed by atoms with Crippen LogP contribution in [-0.4, -0.2) is 53.1 Å². The van der Waals surface area contributed by atoms with Crippen molar-refractivity contribution in [3.63, 3.8) is 0 Å². The molecule has 1 aromatic heterocycles. The van der Waals surface area contributed by atoms with Gasteiger partial charge in [0.2, 0.25) is 0 Å². The molecule has 2 aliphatic rings. The summed E-state index contributed by atoms with van der Waals surface area (Å²) in [6.45, 7) is 8.44. The highest BCUT2D eigenvalue weighted by atomic mass is 32.1. The third kappa shape index (κ3) is 3.89. The molecule has 2 saturated heterocycles. The van der Waals surface area contributed by atoms with Crippen LogP contribution in [0, 0.1) is 0 Å². The van der Waals surface area contributed by atoms with Crippen LogP contribution in [-0.2, 0) is 6.42 Å². The molecule has 0 unspecified atom stereocenters. The van der Waals surface area contributed by atoms with Gasteiger partial charge in [-0.05, 0) is 51.5 Å². The molecule has 128 valence electrons. The summed E-state index contributed by atoms with van der Waals surface area (Å²) in [7, 11) is 0. The Morgan fingerprint density at radius 1 is 1.30 bits per heavy atom. The van der Waals surface area contributed by atoms with Gasteiger partial charge in [-0.2, -0.15) is 0 Å². The van der Waals surface area contributed by atoms with Gasteiger partial charge in [-0.25, -0.2) is 4.79 Å². The monoisotopic (exact) mass is 335 g/mol. The minimum Gasteiger partial charge on any atom is -0.335 e. The van der Waals surface area contributed by atoms with E-state index in [4.69, 9.17) is 0 Å². The van der Waals surface area contributed by atoms with E-state index in [9.17, 15) is 4.79 Å². The first-order chi connectivity index (χ1) is 11.0. The Labute approximate surface area is 143 Å². The molecule has 0 aliphatic carbocycles. The van der Waals surface area contributed by atoms with Crippen molar-refractivity contribution in [2.75, 3.05) is 13.1 Å². The van der Waals surface area contributed by atoms with Gasteiger partial charge in [0.25, 0.3) is 0 Å². The Hall–Kier alpha value is -1.07. The number of fused-ring (bicyclic) bond motifs is 2. The molecule has 3 heterocycles. The van der Waals surface area contributed by atoms with Crippen molar-refractivity contribution in [1.29, 1.82) is 0 Å². The molecule has 2 bridgehead atoms. The normalized spacial score (nSPS) is 26.3. The molecule has 3 rings (SSSR count). The maximum absolute atomic E-state index is 12.6. The molecule has 3 atom stereocenters. The molecule has 0 spiro atoms. The van der Waals surface area contributed by atoms with Crippen molar-refractivity contribution in [2.45, 2.75) is 70.6 Å².